The molecule has 1 aliphatic carbocycles. The number of nitrogens with two attached hydrogens (primary N) is 1. The molecule has 0 amide bonds. The Bertz CT molecular complexity index is 202. The molecule has 0 aromatic carbocycles. The van der Waals surface area contributed by atoms with Crippen LogP contribution in [0.4, 0.5) is 0 Å². The van der Waals surface area contributed by atoms with Gasteiger partial charge in [-0.15, -0.1) is 0 Å². The van der Waals surface area contributed by atoms with E-state index in [-0.39, 0.29) is 12.5 Å². The Balaban J connectivity index is 2.05. The summed E-state index contributed by atoms with van der Waals surface area (Å²) in [4.78, 5) is 10.4. The van der Waals surface area contributed by atoms with Crippen LogP contribution in [0, 0.1) is 11.8 Å². The van der Waals surface area contributed by atoms with Crippen molar-refractivity contribution < 1.29 is 9.90 Å². The molecule has 1 saturated carbocycles. The lowest BCUT2D eigenvalue weighted by Gasteiger charge is -2.27. The van der Waals surface area contributed by atoms with Gasteiger partial charge < -0.3 is 10.8 Å². The van der Waals surface area contributed by atoms with Gasteiger partial charge in [-0.25, -0.2) is 0 Å². The van der Waals surface area contributed by atoms with Gasteiger partial charge in [-0.2, -0.15) is 0 Å². The number of hydrogen-bond acceptors (Lipinski definition) is 2. The lowest BCUT2D eigenvalue weighted by molar-refractivity contribution is -0.137. The Morgan fingerprint density at radius 3 is 2.67 bits per heavy atom. The Labute approximate surface area is 92.0 Å². The maximum absolute atomic E-state index is 10.4. The third-order valence-electron chi connectivity index (χ3n) is 3.43. The molecule has 1 aliphatic rings. The summed E-state index contributed by atoms with van der Waals surface area (Å²) in [7, 11) is 0. The number of rotatable bonds is 7. The van der Waals surface area contributed by atoms with Gasteiger partial charge in [-0.1, -0.05) is 39.0 Å². The van der Waals surface area contributed by atoms with Crippen molar-refractivity contribution in [2.45, 2.75) is 57.9 Å². The maximum atomic E-state index is 10.4. The van der Waals surface area contributed by atoms with E-state index < -0.39 is 5.97 Å². The highest BCUT2D eigenvalue weighted by molar-refractivity contribution is 5.67. The smallest absolute Gasteiger partial charge is 0.304 e. The third-order valence-corrected chi connectivity index (χ3v) is 3.43. The molecule has 3 N–H and O–H groups in total. The van der Waals surface area contributed by atoms with Crippen LogP contribution < -0.4 is 5.73 Å². The van der Waals surface area contributed by atoms with Crippen molar-refractivity contribution in [1.29, 1.82) is 0 Å². The van der Waals surface area contributed by atoms with Crippen LogP contribution in [-0.4, -0.2) is 17.1 Å². The van der Waals surface area contributed by atoms with Crippen molar-refractivity contribution in [2.24, 2.45) is 17.6 Å². The summed E-state index contributed by atoms with van der Waals surface area (Å²) >= 11 is 0. The number of hydrogen-bond donors (Lipinski definition) is 2. The lowest BCUT2D eigenvalue weighted by atomic mass is 9.80. The summed E-state index contributed by atoms with van der Waals surface area (Å²) in [5.74, 6) is 0.733. The molecular weight excluding hydrogens is 190 g/mol. The fourth-order valence-corrected chi connectivity index (χ4v) is 2.24. The predicted octanol–water partition coefficient (Wildman–Crippen LogP) is 2.39. The molecule has 0 heterocycles. The van der Waals surface area contributed by atoms with Gasteiger partial charge in [-0.05, 0) is 18.3 Å². The Hall–Kier alpha value is -0.570. The Morgan fingerprint density at radius 1 is 1.53 bits per heavy atom. The molecule has 0 aromatic rings. The van der Waals surface area contributed by atoms with Gasteiger partial charge in [0.15, 0.2) is 0 Å². The molecule has 0 aromatic heterocycles. The minimum atomic E-state index is -0.784. The molecule has 1 rings (SSSR count). The zero-order chi connectivity index (χ0) is 11.3. The molecule has 3 heteroatoms. The first-order valence-electron chi connectivity index (χ1n) is 6.05. The van der Waals surface area contributed by atoms with Crippen molar-refractivity contribution in [3.63, 3.8) is 0 Å². The van der Waals surface area contributed by atoms with E-state index in [0.717, 1.165) is 12.3 Å². The SMILES string of the molecule is C[C@H](CCC1CCC1)C[C@@H](N)CC(=O)O. The second-order valence-corrected chi connectivity index (χ2v) is 5.07. The van der Waals surface area contributed by atoms with E-state index in [2.05, 4.69) is 6.92 Å². The van der Waals surface area contributed by atoms with Crippen LogP contribution in [0.25, 0.3) is 0 Å². The van der Waals surface area contributed by atoms with E-state index in [1.54, 1.807) is 0 Å². The standard InChI is InChI=1S/C12H23NO2/c1-9(5-6-10-3-2-4-10)7-11(13)8-12(14)15/h9-11H,2-8,13H2,1H3,(H,14,15)/t9-,11-/m1/s1. The van der Waals surface area contributed by atoms with Crippen molar-refractivity contribution >= 4 is 5.97 Å². The van der Waals surface area contributed by atoms with Crippen LogP contribution in [0.2, 0.25) is 0 Å². The van der Waals surface area contributed by atoms with Gasteiger partial charge in [0.1, 0.15) is 0 Å². The summed E-state index contributed by atoms with van der Waals surface area (Å²) in [5, 5.41) is 8.58. The zero-order valence-electron chi connectivity index (χ0n) is 9.61. The van der Waals surface area contributed by atoms with Gasteiger partial charge in [0.05, 0.1) is 6.42 Å². The van der Waals surface area contributed by atoms with Crippen LogP contribution in [0.15, 0.2) is 0 Å². The largest absolute Gasteiger partial charge is 0.481 e. The van der Waals surface area contributed by atoms with Gasteiger partial charge in [0.25, 0.3) is 0 Å². The highest BCUT2D eigenvalue weighted by atomic mass is 16.4. The third kappa shape index (κ3) is 5.17. The van der Waals surface area contributed by atoms with Crippen molar-refractivity contribution in [1.82, 2.24) is 0 Å². The fourth-order valence-electron chi connectivity index (χ4n) is 2.24. The highest BCUT2D eigenvalue weighted by Gasteiger charge is 2.19. The highest BCUT2D eigenvalue weighted by Crippen LogP contribution is 2.32. The summed E-state index contributed by atoms with van der Waals surface area (Å²) < 4.78 is 0. The van der Waals surface area contributed by atoms with E-state index in [9.17, 15) is 4.79 Å². The van der Waals surface area contributed by atoms with Crippen molar-refractivity contribution in [3.05, 3.63) is 0 Å². The van der Waals surface area contributed by atoms with Crippen LogP contribution in [-0.2, 0) is 4.79 Å². The molecule has 0 spiro atoms. The van der Waals surface area contributed by atoms with Crippen molar-refractivity contribution in [3.8, 4) is 0 Å². The molecule has 3 nitrogen and oxygen atoms in total. The topological polar surface area (TPSA) is 63.3 Å². The quantitative estimate of drug-likeness (QED) is 0.682. The second-order valence-electron chi connectivity index (χ2n) is 5.07. The number of carboxylic acid groups (broad SMARTS) is 1. The first kappa shape index (κ1) is 12.5. The zero-order valence-corrected chi connectivity index (χ0v) is 9.61. The Kier molecular flexibility index (Phi) is 5.09. The summed E-state index contributed by atoms with van der Waals surface area (Å²) in [6, 6.07) is -0.168. The van der Waals surface area contributed by atoms with Gasteiger partial charge in [0.2, 0.25) is 0 Å². The average Bonchev–Trinajstić information content (AvgIpc) is 1.98. The molecule has 0 aliphatic heterocycles. The number of carbonyl (C=O) groups is 1. The van der Waals surface area contributed by atoms with Gasteiger partial charge in [-0.3, -0.25) is 4.79 Å². The Morgan fingerprint density at radius 2 is 2.20 bits per heavy atom. The van der Waals surface area contributed by atoms with E-state index in [4.69, 9.17) is 10.8 Å². The molecule has 15 heavy (non-hydrogen) atoms. The molecule has 0 radical (unpaired) electrons. The minimum Gasteiger partial charge on any atom is -0.481 e. The van der Waals surface area contributed by atoms with E-state index >= 15 is 0 Å². The molecule has 0 bridgehead atoms. The molecule has 1 fully saturated rings. The fraction of sp³-hybridized carbons (Fsp3) is 0.917. The minimum absolute atomic E-state index is 0.105. The van der Waals surface area contributed by atoms with Crippen LogP contribution in [0.3, 0.4) is 0 Å². The molecule has 2 atom stereocenters. The number of carboxylic acids is 1. The van der Waals surface area contributed by atoms with Gasteiger partial charge >= 0.3 is 5.97 Å². The summed E-state index contributed by atoms with van der Waals surface area (Å²) in [6.07, 6.45) is 7.66. The summed E-state index contributed by atoms with van der Waals surface area (Å²) in [6.45, 7) is 2.18. The van der Waals surface area contributed by atoms with E-state index in [0.29, 0.717) is 5.92 Å². The number of aliphatic carboxylic acids is 1. The van der Waals surface area contributed by atoms with E-state index in [1.807, 2.05) is 0 Å². The normalized spacial score (nSPS) is 20.7. The van der Waals surface area contributed by atoms with Crippen LogP contribution in [0.1, 0.15) is 51.9 Å². The summed E-state index contributed by atoms with van der Waals surface area (Å²) in [5.41, 5.74) is 5.75. The van der Waals surface area contributed by atoms with E-state index in [1.165, 1.54) is 32.1 Å². The molecule has 0 unspecified atom stereocenters. The van der Waals surface area contributed by atoms with Crippen molar-refractivity contribution in [2.75, 3.05) is 0 Å². The average molecular weight is 213 g/mol. The molecule has 0 saturated heterocycles. The predicted molar refractivity (Wildman–Crippen MR) is 60.6 cm³/mol. The lowest BCUT2D eigenvalue weighted by Crippen LogP contribution is -2.26. The maximum Gasteiger partial charge on any atom is 0.304 e. The first-order chi connectivity index (χ1) is 7.08. The van der Waals surface area contributed by atoms with Crippen LogP contribution >= 0.6 is 0 Å². The van der Waals surface area contributed by atoms with Crippen LogP contribution in [0.5, 0.6) is 0 Å². The molecule has 88 valence electrons. The second kappa shape index (κ2) is 6.11. The monoisotopic (exact) mass is 213 g/mol. The first-order valence-corrected chi connectivity index (χ1v) is 6.05. The van der Waals surface area contributed by atoms with Gasteiger partial charge in [0, 0.05) is 6.04 Å². The molecular formula is C12H23NO2.